The van der Waals surface area contributed by atoms with Crippen LogP contribution >= 0.6 is 0 Å². The number of hydrogen-bond acceptors (Lipinski definition) is 2. The first-order valence-corrected chi connectivity index (χ1v) is 9.14. The van der Waals surface area contributed by atoms with E-state index in [1.807, 2.05) is 0 Å². The summed E-state index contributed by atoms with van der Waals surface area (Å²) in [7, 11) is 0. The lowest BCUT2D eigenvalue weighted by Crippen LogP contribution is -2.65. The van der Waals surface area contributed by atoms with Crippen LogP contribution in [0.25, 0.3) is 0 Å². The summed E-state index contributed by atoms with van der Waals surface area (Å²) >= 11 is 0. The standard InChI is InChI=1S/C21H27NO2/c1-14(23)16-4-6-17(7-5-16)18(24)22-21-10-15-8-19(2,12-21)11-20(3,9-15)13-21/h4-7,15H,8-13H2,1-3H3,(H,22,24)/t15?,19-,20-,21?/m1/s1. The van der Waals surface area contributed by atoms with Crippen LogP contribution in [0.4, 0.5) is 0 Å². The van der Waals surface area contributed by atoms with E-state index in [0.717, 1.165) is 25.2 Å². The molecule has 0 unspecified atom stereocenters. The van der Waals surface area contributed by atoms with Crippen molar-refractivity contribution in [3.63, 3.8) is 0 Å². The van der Waals surface area contributed by atoms with Gasteiger partial charge >= 0.3 is 0 Å². The van der Waals surface area contributed by atoms with Gasteiger partial charge in [0.25, 0.3) is 5.91 Å². The van der Waals surface area contributed by atoms with Gasteiger partial charge in [0.05, 0.1) is 0 Å². The van der Waals surface area contributed by atoms with Crippen molar-refractivity contribution in [3.05, 3.63) is 35.4 Å². The molecule has 0 heterocycles. The molecular formula is C21H27NO2. The van der Waals surface area contributed by atoms with Gasteiger partial charge in [0.1, 0.15) is 0 Å². The molecule has 0 aromatic heterocycles. The zero-order valence-corrected chi connectivity index (χ0v) is 14.9. The summed E-state index contributed by atoms with van der Waals surface area (Å²) in [6, 6.07) is 7.05. The highest BCUT2D eigenvalue weighted by Gasteiger charge is 2.60. The van der Waals surface area contributed by atoms with Crippen LogP contribution in [-0.4, -0.2) is 17.2 Å². The highest BCUT2D eigenvalue weighted by Crippen LogP contribution is 2.66. The predicted molar refractivity (Wildman–Crippen MR) is 94.0 cm³/mol. The van der Waals surface area contributed by atoms with Gasteiger partial charge in [0.15, 0.2) is 5.78 Å². The molecule has 4 saturated carbocycles. The molecule has 3 heteroatoms. The highest BCUT2D eigenvalue weighted by atomic mass is 16.2. The summed E-state index contributed by atoms with van der Waals surface area (Å²) in [5, 5.41) is 3.42. The van der Waals surface area contributed by atoms with Crippen LogP contribution in [0.5, 0.6) is 0 Å². The van der Waals surface area contributed by atoms with E-state index in [4.69, 9.17) is 0 Å². The summed E-state index contributed by atoms with van der Waals surface area (Å²) in [5.41, 5.74) is 2.06. The molecule has 3 nitrogen and oxygen atoms in total. The molecule has 4 bridgehead atoms. The molecule has 0 radical (unpaired) electrons. The molecule has 128 valence electrons. The molecule has 0 saturated heterocycles. The minimum atomic E-state index is -0.0285. The Labute approximate surface area is 144 Å². The minimum absolute atomic E-state index is 0.0132. The van der Waals surface area contributed by atoms with Gasteiger partial charge in [-0.05, 0) is 74.3 Å². The van der Waals surface area contributed by atoms with Gasteiger partial charge in [-0.15, -0.1) is 0 Å². The van der Waals surface area contributed by atoms with E-state index in [9.17, 15) is 9.59 Å². The Balaban J connectivity index is 1.56. The zero-order chi connectivity index (χ0) is 17.2. The van der Waals surface area contributed by atoms with Gasteiger partial charge in [-0.1, -0.05) is 26.0 Å². The maximum atomic E-state index is 12.8. The van der Waals surface area contributed by atoms with Crippen LogP contribution in [0.1, 0.15) is 80.0 Å². The monoisotopic (exact) mass is 325 g/mol. The molecule has 1 aromatic carbocycles. The number of hydrogen-bond donors (Lipinski definition) is 1. The number of nitrogens with one attached hydrogen (secondary N) is 1. The Morgan fingerprint density at radius 2 is 1.46 bits per heavy atom. The van der Waals surface area contributed by atoms with Crippen molar-refractivity contribution in [2.24, 2.45) is 16.7 Å². The molecule has 5 rings (SSSR count). The fourth-order valence-corrected chi connectivity index (χ4v) is 6.76. The van der Waals surface area contributed by atoms with Gasteiger partial charge in [-0.25, -0.2) is 0 Å². The van der Waals surface area contributed by atoms with Gasteiger partial charge in [0, 0.05) is 16.7 Å². The van der Waals surface area contributed by atoms with Crippen molar-refractivity contribution < 1.29 is 9.59 Å². The van der Waals surface area contributed by atoms with Crippen molar-refractivity contribution in [1.82, 2.24) is 5.32 Å². The van der Waals surface area contributed by atoms with Crippen LogP contribution < -0.4 is 5.32 Å². The average Bonchev–Trinajstić information content (AvgIpc) is 2.42. The molecule has 1 N–H and O–H groups in total. The van der Waals surface area contributed by atoms with Crippen molar-refractivity contribution in [3.8, 4) is 0 Å². The molecule has 4 aliphatic rings. The van der Waals surface area contributed by atoms with E-state index >= 15 is 0 Å². The second-order valence-corrected chi connectivity index (χ2v) is 9.50. The van der Waals surface area contributed by atoms with Gasteiger partial charge in [-0.3, -0.25) is 9.59 Å². The van der Waals surface area contributed by atoms with Gasteiger partial charge < -0.3 is 5.32 Å². The van der Waals surface area contributed by atoms with Crippen LogP contribution in [-0.2, 0) is 0 Å². The molecule has 24 heavy (non-hydrogen) atoms. The second kappa shape index (κ2) is 4.93. The lowest BCUT2D eigenvalue weighted by atomic mass is 9.43. The van der Waals surface area contributed by atoms with Crippen LogP contribution in [0.3, 0.4) is 0 Å². The quantitative estimate of drug-likeness (QED) is 0.839. The fourth-order valence-electron chi connectivity index (χ4n) is 6.76. The Hall–Kier alpha value is -1.64. The maximum absolute atomic E-state index is 12.8. The number of Topliss-reactive ketones (excluding diaryl/α,β-unsaturated/α-hetero) is 1. The van der Waals surface area contributed by atoms with Crippen molar-refractivity contribution in [2.45, 2.75) is 64.8 Å². The van der Waals surface area contributed by atoms with Gasteiger partial charge in [-0.2, -0.15) is 0 Å². The summed E-state index contributed by atoms with van der Waals surface area (Å²) in [5.74, 6) is 0.805. The van der Waals surface area contributed by atoms with E-state index in [1.165, 1.54) is 19.3 Å². The molecule has 0 spiro atoms. The number of carbonyl (C=O) groups excluding carboxylic acids is 2. The molecule has 0 aliphatic heterocycles. The third-order valence-corrected chi connectivity index (χ3v) is 6.56. The topological polar surface area (TPSA) is 46.2 Å². The van der Waals surface area contributed by atoms with Crippen LogP contribution in [0.15, 0.2) is 24.3 Å². The predicted octanol–water partition coefficient (Wildman–Crippen LogP) is 4.37. The van der Waals surface area contributed by atoms with Crippen LogP contribution in [0, 0.1) is 16.7 Å². The highest BCUT2D eigenvalue weighted by molar-refractivity contribution is 5.98. The maximum Gasteiger partial charge on any atom is 0.251 e. The Bertz CT molecular complexity index is 687. The largest absolute Gasteiger partial charge is 0.347 e. The third-order valence-electron chi connectivity index (χ3n) is 6.56. The average molecular weight is 325 g/mol. The SMILES string of the molecule is CC(=O)c1ccc(C(=O)NC23CC4C[C@@](C)(C2)C[C@@](C)(C4)C3)cc1. The summed E-state index contributed by atoms with van der Waals surface area (Å²) in [4.78, 5) is 24.2. The third kappa shape index (κ3) is 2.58. The van der Waals surface area contributed by atoms with E-state index in [2.05, 4.69) is 19.2 Å². The van der Waals surface area contributed by atoms with Crippen molar-refractivity contribution >= 4 is 11.7 Å². The first-order valence-electron chi connectivity index (χ1n) is 9.14. The molecule has 4 aliphatic carbocycles. The normalized spacial score (nSPS) is 39.7. The first kappa shape index (κ1) is 15.9. The van der Waals surface area contributed by atoms with E-state index in [-0.39, 0.29) is 17.2 Å². The van der Waals surface area contributed by atoms with E-state index < -0.39 is 0 Å². The second-order valence-electron chi connectivity index (χ2n) is 9.50. The molecule has 1 amide bonds. The number of ketones is 1. The Kier molecular flexibility index (Phi) is 3.26. The molecule has 1 aromatic rings. The summed E-state index contributed by atoms with van der Waals surface area (Å²) < 4.78 is 0. The Morgan fingerprint density at radius 3 is 1.96 bits per heavy atom. The summed E-state index contributed by atoms with van der Waals surface area (Å²) in [6.45, 7) is 6.38. The zero-order valence-electron chi connectivity index (χ0n) is 14.9. The first-order chi connectivity index (χ1) is 11.2. The minimum Gasteiger partial charge on any atom is -0.347 e. The number of benzene rings is 1. The van der Waals surface area contributed by atoms with Crippen molar-refractivity contribution in [2.75, 3.05) is 0 Å². The van der Waals surface area contributed by atoms with Crippen molar-refractivity contribution in [1.29, 1.82) is 0 Å². The number of amides is 1. The summed E-state index contributed by atoms with van der Waals surface area (Å²) in [6.07, 6.45) is 7.32. The van der Waals surface area contributed by atoms with E-state index in [1.54, 1.807) is 31.2 Å². The Morgan fingerprint density at radius 1 is 0.917 bits per heavy atom. The molecular weight excluding hydrogens is 298 g/mol. The molecule has 4 fully saturated rings. The fraction of sp³-hybridized carbons (Fsp3) is 0.619. The lowest BCUT2D eigenvalue weighted by Gasteiger charge is -2.65. The smallest absolute Gasteiger partial charge is 0.251 e. The number of rotatable bonds is 3. The van der Waals surface area contributed by atoms with Gasteiger partial charge in [0.2, 0.25) is 0 Å². The number of carbonyl (C=O) groups is 2. The van der Waals surface area contributed by atoms with Crippen LogP contribution in [0.2, 0.25) is 0 Å². The molecule has 2 atom stereocenters. The lowest BCUT2D eigenvalue weighted by molar-refractivity contribution is -0.114. The van der Waals surface area contributed by atoms with E-state index in [0.29, 0.717) is 22.0 Å².